The maximum atomic E-state index is 14.2. The summed E-state index contributed by atoms with van der Waals surface area (Å²) in [5.74, 6) is -0.101. The number of aryl methyl sites for hydroxylation is 2. The number of nitrogens with zero attached hydrogens (tertiary/aromatic N) is 5. The summed E-state index contributed by atoms with van der Waals surface area (Å²) < 4.78 is 15.8. The van der Waals surface area contributed by atoms with Crippen molar-refractivity contribution in [3.05, 3.63) is 98.5 Å². The first-order chi connectivity index (χ1) is 16.8. The molecular weight excluding hydrogens is 469 g/mol. The number of pyridine rings is 3. The van der Waals surface area contributed by atoms with Crippen molar-refractivity contribution in [1.29, 1.82) is 0 Å². The van der Waals surface area contributed by atoms with E-state index in [1.165, 1.54) is 6.20 Å². The molecule has 0 aromatic carbocycles. The Labute approximate surface area is 206 Å². The quantitative estimate of drug-likeness (QED) is 0.430. The van der Waals surface area contributed by atoms with Gasteiger partial charge in [-0.3, -0.25) is 19.3 Å². The van der Waals surface area contributed by atoms with E-state index in [4.69, 9.17) is 11.6 Å². The summed E-state index contributed by atoms with van der Waals surface area (Å²) in [5, 5.41) is 9.96. The number of aromatic nitrogens is 5. The third kappa shape index (κ3) is 4.24. The molecule has 7 nitrogen and oxygen atoms in total. The summed E-state index contributed by atoms with van der Waals surface area (Å²) in [6, 6.07) is 7.06. The van der Waals surface area contributed by atoms with Gasteiger partial charge in [0.1, 0.15) is 16.9 Å². The molecule has 9 heteroatoms. The summed E-state index contributed by atoms with van der Waals surface area (Å²) in [4.78, 5) is 30.2. The van der Waals surface area contributed by atoms with E-state index in [0.29, 0.717) is 28.3 Å². The first kappa shape index (κ1) is 23.3. The molecule has 35 heavy (non-hydrogen) atoms. The molecule has 0 aliphatic heterocycles. The Hall–Kier alpha value is -3.49. The van der Waals surface area contributed by atoms with Crippen LogP contribution < -0.4 is 5.56 Å². The van der Waals surface area contributed by atoms with Crippen LogP contribution >= 0.6 is 11.6 Å². The predicted octanol–water partition coefficient (Wildman–Crippen LogP) is 4.82. The maximum absolute atomic E-state index is 14.2. The minimum absolute atomic E-state index is 0.0190. The highest BCUT2D eigenvalue weighted by molar-refractivity contribution is 6.31. The van der Waals surface area contributed by atoms with Crippen LogP contribution in [0.15, 0.2) is 53.8 Å². The Bertz CT molecular complexity index is 1500. The van der Waals surface area contributed by atoms with Gasteiger partial charge in [0.2, 0.25) is 0 Å². The molecule has 0 bridgehead atoms. The van der Waals surface area contributed by atoms with Crippen LogP contribution in [0, 0.1) is 19.7 Å². The zero-order valence-electron chi connectivity index (χ0n) is 19.4. The van der Waals surface area contributed by atoms with Crippen molar-refractivity contribution in [2.75, 3.05) is 0 Å². The molecule has 1 aliphatic carbocycles. The Morgan fingerprint density at radius 3 is 2.60 bits per heavy atom. The first-order valence-electron chi connectivity index (χ1n) is 11.3. The van der Waals surface area contributed by atoms with Crippen LogP contribution in [0.3, 0.4) is 0 Å². The van der Waals surface area contributed by atoms with Gasteiger partial charge in [0.05, 0.1) is 23.3 Å². The topological polar surface area (TPSA) is 93.8 Å². The lowest BCUT2D eigenvalue weighted by Gasteiger charge is -2.16. The summed E-state index contributed by atoms with van der Waals surface area (Å²) in [7, 11) is 0. The van der Waals surface area contributed by atoms with Crippen molar-refractivity contribution >= 4 is 11.6 Å². The van der Waals surface area contributed by atoms with E-state index < -0.39 is 6.10 Å². The van der Waals surface area contributed by atoms with Crippen LogP contribution in [-0.4, -0.2) is 29.6 Å². The van der Waals surface area contributed by atoms with E-state index in [0.717, 1.165) is 17.5 Å². The average molecular weight is 492 g/mol. The molecule has 1 saturated carbocycles. The van der Waals surface area contributed by atoms with E-state index in [2.05, 4.69) is 19.9 Å². The Morgan fingerprint density at radius 2 is 1.86 bits per heavy atom. The lowest BCUT2D eigenvalue weighted by molar-refractivity contribution is 0.189. The van der Waals surface area contributed by atoms with Crippen LogP contribution in [-0.2, 0) is 0 Å². The van der Waals surface area contributed by atoms with Crippen molar-refractivity contribution in [1.82, 2.24) is 24.5 Å². The number of aliphatic hydroxyl groups is 1. The molecule has 1 fully saturated rings. The fourth-order valence-corrected chi connectivity index (χ4v) is 4.76. The van der Waals surface area contributed by atoms with Gasteiger partial charge in [-0.05, 0) is 80.0 Å². The second-order valence-corrected chi connectivity index (χ2v) is 9.25. The molecule has 0 radical (unpaired) electrons. The largest absolute Gasteiger partial charge is 0.385 e. The van der Waals surface area contributed by atoms with E-state index in [1.54, 1.807) is 48.3 Å². The maximum Gasteiger partial charge on any atom is 0.274 e. The van der Waals surface area contributed by atoms with Gasteiger partial charge in [-0.1, -0.05) is 11.6 Å². The van der Waals surface area contributed by atoms with E-state index in [9.17, 15) is 14.3 Å². The highest BCUT2D eigenvalue weighted by atomic mass is 35.5. The Balaban J connectivity index is 1.55. The van der Waals surface area contributed by atoms with Crippen LogP contribution in [0.25, 0.3) is 17.1 Å². The van der Waals surface area contributed by atoms with Crippen LogP contribution in [0.1, 0.15) is 59.5 Å². The van der Waals surface area contributed by atoms with E-state index >= 15 is 0 Å². The van der Waals surface area contributed by atoms with Gasteiger partial charge in [0, 0.05) is 24.3 Å². The molecule has 4 heterocycles. The molecular formula is C26H23ClFN5O2. The van der Waals surface area contributed by atoms with Gasteiger partial charge < -0.3 is 5.11 Å². The predicted molar refractivity (Wildman–Crippen MR) is 130 cm³/mol. The Kier molecular flexibility index (Phi) is 5.94. The number of aliphatic hydroxyl groups excluding tert-OH is 1. The normalized spacial score (nSPS) is 17.9. The fourth-order valence-electron chi connectivity index (χ4n) is 4.48. The molecule has 3 atom stereocenters. The molecule has 5 rings (SSSR count). The molecule has 178 valence electrons. The van der Waals surface area contributed by atoms with Gasteiger partial charge in [-0.2, -0.15) is 0 Å². The molecule has 0 saturated heterocycles. The summed E-state index contributed by atoms with van der Waals surface area (Å²) in [6.07, 6.45) is 5.92. The zero-order valence-corrected chi connectivity index (χ0v) is 20.2. The molecule has 4 aromatic heterocycles. The second-order valence-electron chi connectivity index (χ2n) is 8.87. The minimum atomic E-state index is -0.817. The van der Waals surface area contributed by atoms with Gasteiger partial charge >= 0.3 is 0 Å². The lowest BCUT2D eigenvalue weighted by atomic mass is 10.0. The van der Waals surface area contributed by atoms with Crippen molar-refractivity contribution in [3.8, 4) is 17.1 Å². The van der Waals surface area contributed by atoms with Gasteiger partial charge in [0.25, 0.3) is 5.56 Å². The van der Waals surface area contributed by atoms with E-state index in [-0.39, 0.29) is 34.1 Å². The third-order valence-electron chi connectivity index (χ3n) is 6.38. The average Bonchev–Trinajstić information content (AvgIpc) is 3.63. The molecule has 1 aliphatic rings. The van der Waals surface area contributed by atoms with Crippen LogP contribution in [0.2, 0.25) is 5.02 Å². The minimum Gasteiger partial charge on any atom is -0.385 e. The molecule has 0 spiro atoms. The number of halogens is 2. The summed E-state index contributed by atoms with van der Waals surface area (Å²) in [5.41, 5.74) is 4.20. The lowest BCUT2D eigenvalue weighted by Crippen LogP contribution is -2.23. The zero-order chi connectivity index (χ0) is 24.9. The Morgan fingerprint density at radius 1 is 1.09 bits per heavy atom. The van der Waals surface area contributed by atoms with Crippen LogP contribution in [0.4, 0.5) is 4.39 Å². The fraction of sp³-hybridized carbons (Fsp3) is 0.269. The number of hydrogen-bond donors (Lipinski definition) is 1. The van der Waals surface area contributed by atoms with Gasteiger partial charge in [-0.15, -0.1) is 0 Å². The van der Waals surface area contributed by atoms with Crippen LogP contribution in [0.5, 0.6) is 0 Å². The van der Waals surface area contributed by atoms with Gasteiger partial charge in [0.15, 0.2) is 5.82 Å². The molecule has 0 amide bonds. The van der Waals surface area contributed by atoms with Crippen molar-refractivity contribution in [2.24, 2.45) is 0 Å². The molecule has 1 N–H and O–H groups in total. The highest BCUT2D eigenvalue weighted by Gasteiger charge is 2.43. The third-order valence-corrected chi connectivity index (χ3v) is 6.76. The smallest absolute Gasteiger partial charge is 0.274 e. The number of rotatable bonds is 5. The van der Waals surface area contributed by atoms with Crippen molar-refractivity contribution in [2.45, 2.75) is 45.1 Å². The summed E-state index contributed by atoms with van der Waals surface area (Å²) >= 11 is 6.61. The molecule has 3 unspecified atom stereocenters. The number of hydrogen-bond acceptors (Lipinski definition) is 6. The monoisotopic (exact) mass is 491 g/mol. The second kappa shape index (κ2) is 8.94. The summed E-state index contributed by atoms with van der Waals surface area (Å²) in [6.45, 7) is 5.30. The standard InChI is InChI=1S/C26H23ClFN5O2/c1-13-11-31-22(21-5-7-30-25(32-21)15(3)34)10-23(13)33-14(2)8-19(24(27)26(33)35)18-9-17(18)16-4-6-29-12-20(16)28/h4-8,10-12,15,17-18,34H,9H2,1-3H3. The SMILES string of the molecule is Cc1cnc(-c2ccnc(C(C)O)n2)cc1-n1c(C)cc(C2CC2c2ccncc2F)c(Cl)c1=O. The van der Waals surface area contributed by atoms with Crippen molar-refractivity contribution < 1.29 is 9.50 Å². The van der Waals surface area contributed by atoms with Gasteiger partial charge in [-0.25, -0.2) is 14.4 Å². The highest BCUT2D eigenvalue weighted by Crippen LogP contribution is 2.56. The van der Waals surface area contributed by atoms with E-state index in [1.807, 2.05) is 19.9 Å². The first-order valence-corrected chi connectivity index (χ1v) is 11.6. The van der Waals surface area contributed by atoms with Crippen molar-refractivity contribution in [3.63, 3.8) is 0 Å². The molecule has 4 aromatic rings.